The molecule has 6 aromatic rings. The predicted octanol–water partition coefficient (Wildman–Crippen LogP) is 7.41. The van der Waals surface area contributed by atoms with Crippen molar-refractivity contribution in [3.8, 4) is 29.2 Å². The number of halogens is 13. The van der Waals surface area contributed by atoms with E-state index in [0.29, 0.717) is 11.4 Å². The molecule has 2 aromatic carbocycles. The van der Waals surface area contributed by atoms with Gasteiger partial charge in [0.05, 0.1) is 38.1 Å². The number of aromatic nitrogens is 6. The van der Waals surface area contributed by atoms with E-state index in [0.717, 1.165) is 40.2 Å². The van der Waals surface area contributed by atoms with Crippen molar-refractivity contribution in [2.45, 2.75) is 24.7 Å². The van der Waals surface area contributed by atoms with Crippen LogP contribution in [0, 0.1) is 11.3 Å². The lowest BCUT2D eigenvalue weighted by atomic mass is 10.2. The monoisotopic (exact) mass is 1110 g/mol. The lowest BCUT2D eigenvalue weighted by Gasteiger charge is -2.11. The average molecular weight is 1110 g/mol. The van der Waals surface area contributed by atoms with Crippen LogP contribution in [0.15, 0.2) is 102 Å². The molecule has 0 aliphatic carbocycles. The van der Waals surface area contributed by atoms with Gasteiger partial charge in [-0.05, 0) is 52.3 Å². The third kappa shape index (κ3) is 16.4. The van der Waals surface area contributed by atoms with Gasteiger partial charge in [-0.15, -0.1) is 0 Å². The second kappa shape index (κ2) is 23.8. The fraction of sp³-hybridized carbons (Fsp3) is 0.233. The number of hydrogen-bond acceptors (Lipinski definition) is 11. The number of hydrogen-bond donors (Lipinski definition) is 4. The maximum Gasteiger partial charge on any atom is 0.435 e. The van der Waals surface area contributed by atoms with E-state index in [2.05, 4.69) is 66.8 Å². The third-order valence-corrected chi connectivity index (χ3v) is 9.51. The van der Waals surface area contributed by atoms with Crippen molar-refractivity contribution >= 4 is 39.6 Å². The first-order valence-electron chi connectivity index (χ1n) is 20.3. The molecule has 0 aliphatic rings. The molecule has 30 heteroatoms. The maximum absolute atomic E-state index is 13.4. The van der Waals surface area contributed by atoms with E-state index >= 15 is 0 Å². The highest BCUT2D eigenvalue weighted by atomic mass is 79.9. The van der Waals surface area contributed by atoms with Crippen molar-refractivity contribution in [2.75, 3.05) is 39.4 Å². The number of carbonyl (C=O) groups is 4. The molecule has 17 nitrogen and oxygen atoms in total. The molecular weight excluding hydrogens is 1070 g/mol. The molecule has 6 rings (SSSR count). The zero-order chi connectivity index (χ0) is 53.7. The summed E-state index contributed by atoms with van der Waals surface area (Å²) in [7, 11) is 0. The predicted molar refractivity (Wildman–Crippen MR) is 230 cm³/mol. The first-order valence-corrected chi connectivity index (χ1v) is 21.1. The van der Waals surface area contributed by atoms with Gasteiger partial charge in [0.1, 0.15) is 11.6 Å². The molecule has 386 valence electrons. The van der Waals surface area contributed by atoms with Crippen molar-refractivity contribution in [3.63, 3.8) is 0 Å². The Bertz CT molecular complexity index is 2940. The van der Waals surface area contributed by atoms with Crippen molar-refractivity contribution in [1.29, 1.82) is 5.26 Å². The van der Waals surface area contributed by atoms with Gasteiger partial charge in [0.2, 0.25) is 11.8 Å². The summed E-state index contributed by atoms with van der Waals surface area (Å²) in [5.74, 6) is -4.59. The van der Waals surface area contributed by atoms with Crippen LogP contribution in [0.5, 0.6) is 11.8 Å². The molecule has 4 heterocycles. The molecule has 4 aromatic heterocycles. The smallest absolute Gasteiger partial charge is 0.435 e. The number of nitrogens with zero attached hydrogens (tertiary/aromatic N) is 7. The second-order valence-corrected chi connectivity index (χ2v) is 15.2. The van der Waals surface area contributed by atoms with Gasteiger partial charge in [-0.3, -0.25) is 19.2 Å². The molecule has 73 heavy (non-hydrogen) atoms. The van der Waals surface area contributed by atoms with Crippen LogP contribution in [0.2, 0.25) is 0 Å². The maximum atomic E-state index is 13.4. The molecule has 0 bridgehead atoms. The van der Waals surface area contributed by atoms with Crippen LogP contribution in [-0.4, -0.2) is 105 Å². The Morgan fingerprint density at radius 2 is 0.932 bits per heavy atom. The van der Waals surface area contributed by atoms with Gasteiger partial charge in [0.15, 0.2) is 24.6 Å². The fourth-order valence-electron chi connectivity index (χ4n) is 5.75. The van der Waals surface area contributed by atoms with Crippen molar-refractivity contribution in [3.05, 3.63) is 141 Å². The number of rotatable bonds is 16. The fourth-order valence-corrected chi connectivity index (χ4v) is 6.21. The second-order valence-electron chi connectivity index (χ2n) is 14.4. The number of alkyl halides is 12. The van der Waals surface area contributed by atoms with Gasteiger partial charge in [-0.25, -0.2) is 19.3 Å². The van der Waals surface area contributed by atoms with Gasteiger partial charge < -0.3 is 30.7 Å². The zero-order valence-corrected chi connectivity index (χ0v) is 38.1. The SMILES string of the molecule is N#Cc1cc(C(=O)NCCNC(=O)c2cn(-c3ccccc3)nc2C(F)(F)F)cnc1OCC(F)(F)F.O=C(NCCNC(=O)c1cn(-c2ccccc2)nc1C(F)(F)F)c1cnc(OCC(F)(F)F)c(Br)c1. The first-order chi connectivity index (χ1) is 34.2. The Kier molecular flexibility index (Phi) is 18.1. The van der Waals surface area contributed by atoms with Crippen molar-refractivity contribution in [1.82, 2.24) is 50.8 Å². The topological polar surface area (TPSA) is 220 Å². The number of carbonyl (C=O) groups excluding carboxylic acids is 4. The summed E-state index contributed by atoms with van der Waals surface area (Å²) in [6, 6.07) is 19.5. The zero-order valence-electron chi connectivity index (χ0n) is 36.5. The van der Waals surface area contributed by atoms with Crippen LogP contribution >= 0.6 is 15.9 Å². The number of benzene rings is 2. The van der Waals surface area contributed by atoms with E-state index in [4.69, 9.17) is 5.26 Å². The van der Waals surface area contributed by atoms with Crippen LogP contribution < -0.4 is 30.7 Å². The van der Waals surface area contributed by atoms with E-state index in [9.17, 15) is 71.9 Å². The minimum Gasteiger partial charge on any atom is -0.467 e. The number of ether oxygens (including phenoxy) is 2. The van der Waals surface area contributed by atoms with Gasteiger partial charge in [0, 0.05) is 51.0 Å². The molecule has 0 fully saturated rings. The van der Waals surface area contributed by atoms with E-state index < -0.39 is 95.5 Å². The molecule has 0 saturated heterocycles. The normalized spacial score (nSPS) is 11.6. The summed E-state index contributed by atoms with van der Waals surface area (Å²) in [6.45, 7) is -4.14. The summed E-state index contributed by atoms with van der Waals surface area (Å²) in [5.41, 5.74) is -4.18. The van der Waals surface area contributed by atoms with Crippen LogP contribution in [0.3, 0.4) is 0 Å². The van der Waals surface area contributed by atoms with Gasteiger partial charge in [-0.2, -0.15) is 68.1 Å². The Morgan fingerprint density at radius 3 is 1.30 bits per heavy atom. The lowest BCUT2D eigenvalue weighted by molar-refractivity contribution is -0.154. The Morgan fingerprint density at radius 1 is 0.562 bits per heavy atom. The van der Waals surface area contributed by atoms with E-state index in [1.807, 2.05) is 0 Å². The summed E-state index contributed by atoms with van der Waals surface area (Å²) < 4.78 is 165. The molecule has 4 amide bonds. The Balaban J connectivity index is 0.000000271. The van der Waals surface area contributed by atoms with E-state index in [1.165, 1.54) is 30.3 Å². The number of para-hydroxylation sites is 2. The molecule has 4 N–H and O–H groups in total. The van der Waals surface area contributed by atoms with E-state index in [-0.39, 0.29) is 47.7 Å². The standard InChI is InChI=1S/C22H16F6N6O3.C21H16BrF6N5O3/c23-21(24,25)12-37-20-13(9-29)8-14(10-32-20)18(35)30-6-7-31-19(36)16-11-34(15-4-2-1-3-5-15)33-17(16)22(26,27)28;22-15-8-12(9-31-19(15)36-11-20(23,24)25)17(34)29-6-7-30-18(35)14-10-33(13-4-2-1-3-5-13)32-16(14)21(26,27)28/h1-5,8,10-11H,6-7,12H2,(H,30,35)(H,31,36);1-5,8-10H,6-7,11H2,(H,29,34)(H,30,35). The molecule has 0 spiro atoms. The minimum absolute atomic E-state index is 0.00260. The highest BCUT2D eigenvalue weighted by molar-refractivity contribution is 9.10. The molecule has 0 radical (unpaired) electrons. The minimum atomic E-state index is -4.90. The summed E-state index contributed by atoms with van der Waals surface area (Å²) in [6.07, 6.45) is -15.2. The number of nitriles is 1. The molecule has 0 saturated carbocycles. The first kappa shape index (κ1) is 55.7. The van der Waals surface area contributed by atoms with Crippen molar-refractivity contribution < 1.29 is 81.3 Å². The third-order valence-electron chi connectivity index (χ3n) is 8.94. The lowest BCUT2D eigenvalue weighted by Crippen LogP contribution is -2.35. The number of amides is 4. The number of pyridine rings is 2. The summed E-state index contributed by atoms with van der Waals surface area (Å²) in [4.78, 5) is 56.5. The molecule has 0 unspecified atom stereocenters. The highest BCUT2D eigenvalue weighted by Gasteiger charge is 2.40. The summed E-state index contributed by atoms with van der Waals surface area (Å²) in [5, 5.41) is 25.3. The quantitative estimate of drug-likeness (QED) is 0.0552. The van der Waals surface area contributed by atoms with Gasteiger partial charge in [-0.1, -0.05) is 36.4 Å². The average Bonchev–Trinajstić information content (AvgIpc) is 4.01. The number of nitrogens with one attached hydrogen (secondary N) is 4. The molecular formula is C43H32BrF12N11O6. The van der Waals surface area contributed by atoms with Crippen LogP contribution in [0.4, 0.5) is 52.7 Å². The van der Waals surface area contributed by atoms with Crippen LogP contribution in [0.25, 0.3) is 11.4 Å². The Hall–Kier alpha value is -8.23. The van der Waals surface area contributed by atoms with E-state index in [1.54, 1.807) is 42.5 Å². The van der Waals surface area contributed by atoms with Gasteiger partial charge in [0.25, 0.3) is 23.6 Å². The van der Waals surface area contributed by atoms with Gasteiger partial charge >= 0.3 is 24.7 Å². The molecule has 0 atom stereocenters. The highest BCUT2D eigenvalue weighted by Crippen LogP contribution is 2.33. The van der Waals surface area contributed by atoms with Crippen LogP contribution in [0.1, 0.15) is 58.4 Å². The Labute approximate surface area is 410 Å². The van der Waals surface area contributed by atoms with Crippen molar-refractivity contribution in [2.24, 2.45) is 0 Å². The molecule has 0 aliphatic heterocycles. The summed E-state index contributed by atoms with van der Waals surface area (Å²) >= 11 is 2.96. The largest absolute Gasteiger partial charge is 0.467 e. The van der Waals surface area contributed by atoms with Crippen LogP contribution in [-0.2, 0) is 12.4 Å².